The molecule has 1 heterocycles. The van der Waals surface area contributed by atoms with Gasteiger partial charge in [-0.1, -0.05) is 0 Å². The Balaban J connectivity index is 1.95. The third kappa shape index (κ3) is 6.04. The monoisotopic (exact) mass is 392 g/mol. The van der Waals surface area contributed by atoms with Gasteiger partial charge >= 0.3 is 12.1 Å². The van der Waals surface area contributed by atoms with Crippen LogP contribution in [0.25, 0.3) is 11.3 Å². The summed E-state index contributed by atoms with van der Waals surface area (Å²) in [6.07, 6.45) is -5.87. The topological polar surface area (TPSA) is 92.4 Å². The normalized spacial score (nSPS) is 12.6. The van der Waals surface area contributed by atoms with Crippen LogP contribution >= 0.6 is 0 Å². The predicted molar refractivity (Wildman–Crippen MR) is 80.4 cm³/mol. The molecule has 0 radical (unpaired) electrons. The molecule has 1 atom stereocenters. The van der Waals surface area contributed by atoms with Crippen molar-refractivity contribution in [3.63, 3.8) is 0 Å². The largest absolute Gasteiger partial charge is 0.480 e. The number of hydrogen-bond donors (Lipinski definition) is 2. The molecule has 1 aromatic heterocycles. The molecule has 0 aliphatic carbocycles. The van der Waals surface area contributed by atoms with E-state index in [2.05, 4.69) is 4.98 Å². The molecule has 0 spiro atoms. The molecule has 6 nitrogen and oxygen atoms in total. The molecule has 27 heavy (non-hydrogen) atoms. The van der Waals surface area contributed by atoms with Gasteiger partial charge in [0.2, 0.25) is 5.91 Å². The number of carboxylic acids is 1. The number of carbonyl (C=O) groups excluding carboxylic acids is 1. The summed E-state index contributed by atoms with van der Waals surface area (Å²) in [5, 5.41) is 10.5. The second-order valence-corrected chi connectivity index (χ2v) is 5.52. The molecule has 146 valence electrons. The maximum Gasteiger partial charge on any atom is 0.391 e. The number of alkyl halides is 3. The molecule has 0 aliphatic heterocycles. The summed E-state index contributed by atoms with van der Waals surface area (Å²) in [5.74, 6) is -4.47. The Kier molecular flexibility index (Phi) is 6.13. The molecule has 1 amide bonds. The molecule has 0 saturated carbocycles. The lowest BCUT2D eigenvalue weighted by Gasteiger charge is -2.16. The molecule has 0 bridgehead atoms. The van der Waals surface area contributed by atoms with E-state index in [1.54, 1.807) is 5.32 Å². The molecule has 1 aromatic carbocycles. The Hall–Kier alpha value is -2.98. The minimum Gasteiger partial charge on any atom is -0.480 e. The molecule has 2 rings (SSSR count). The third-order valence-corrected chi connectivity index (χ3v) is 3.38. The highest BCUT2D eigenvalue weighted by molar-refractivity contribution is 5.83. The van der Waals surface area contributed by atoms with E-state index in [1.165, 1.54) is 0 Å². The van der Waals surface area contributed by atoms with E-state index in [9.17, 15) is 31.5 Å². The van der Waals surface area contributed by atoms with E-state index in [4.69, 9.17) is 9.52 Å². The van der Waals surface area contributed by atoms with Gasteiger partial charge in [-0.15, -0.1) is 0 Å². The van der Waals surface area contributed by atoms with Crippen molar-refractivity contribution in [3.8, 4) is 11.3 Å². The fourth-order valence-corrected chi connectivity index (χ4v) is 2.16. The van der Waals surface area contributed by atoms with Crippen molar-refractivity contribution in [1.82, 2.24) is 10.3 Å². The summed E-state index contributed by atoms with van der Waals surface area (Å²) in [6, 6.07) is 0.695. The van der Waals surface area contributed by atoms with Crippen LogP contribution in [0.5, 0.6) is 0 Å². The molecule has 0 saturated heterocycles. The number of oxazole rings is 1. The number of rotatable bonds is 7. The maximum atomic E-state index is 13.7. The number of carbonyl (C=O) groups is 2. The number of hydrogen-bond acceptors (Lipinski definition) is 4. The van der Waals surface area contributed by atoms with Crippen LogP contribution in [0.15, 0.2) is 28.8 Å². The van der Waals surface area contributed by atoms with Gasteiger partial charge in [0.15, 0.2) is 11.7 Å². The fourth-order valence-electron chi connectivity index (χ4n) is 2.16. The fraction of sp³-hybridized carbons (Fsp3) is 0.312. The van der Waals surface area contributed by atoms with Gasteiger partial charge in [-0.3, -0.25) is 4.79 Å². The molecular formula is C16H13F5N2O4. The van der Waals surface area contributed by atoms with Crippen LogP contribution in [-0.2, 0) is 16.0 Å². The third-order valence-electron chi connectivity index (χ3n) is 3.38. The summed E-state index contributed by atoms with van der Waals surface area (Å²) >= 11 is 0. The minimum atomic E-state index is -4.76. The number of aryl methyl sites for hydroxylation is 1. The van der Waals surface area contributed by atoms with Crippen molar-refractivity contribution in [2.24, 2.45) is 0 Å². The zero-order valence-electron chi connectivity index (χ0n) is 13.5. The van der Waals surface area contributed by atoms with Crippen LogP contribution in [0.2, 0.25) is 0 Å². The Morgan fingerprint density at radius 2 is 1.96 bits per heavy atom. The van der Waals surface area contributed by atoms with Crippen LogP contribution in [0.4, 0.5) is 22.0 Å². The Bertz CT molecular complexity index is 834. The van der Waals surface area contributed by atoms with Crippen LogP contribution in [0, 0.1) is 11.6 Å². The van der Waals surface area contributed by atoms with Crippen molar-refractivity contribution in [1.29, 1.82) is 0 Å². The van der Waals surface area contributed by atoms with Crippen LogP contribution in [0.3, 0.4) is 0 Å². The number of aromatic nitrogens is 1. The van der Waals surface area contributed by atoms with Crippen molar-refractivity contribution in [2.45, 2.75) is 31.5 Å². The van der Waals surface area contributed by atoms with E-state index in [0.29, 0.717) is 6.07 Å². The first-order chi connectivity index (χ1) is 12.5. The second-order valence-electron chi connectivity index (χ2n) is 5.52. The Morgan fingerprint density at radius 3 is 2.56 bits per heavy atom. The molecule has 2 N–H and O–H groups in total. The van der Waals surface area contributed by atoms with Gasteiger partial charge in [0.25, 0.3) is 0 Å². The highest BCUT2D eigenvalue weighted by atomic mass is 19.4. The SMILES string of the molecule is O=C(CCc1ncc(-c2ccc(F)cc2F)o1)NC(CC(F)(F)F)C(=O)O. The van der Waals surface area contributed by atoms with E-state index >= 15 is 0 Å². The van der Waals surface area contributed by atoms with E-state index < -0.39 is 48.6 Å². The number of aliphatic carboxylic acids is 1. The number of halogens is 5. The number of benzene rings is 1. The maximum absolute atomic E-state index is 13.7. The van der Waals surface area contributed by atoms with Crippen molar-refractivity contribution < 1.29 is 41.1 Å². The molecule has 1 unspecified atom stereocenters. The number of amides is 1. The van der Waals surface area contributed by atoms with Gasteiger partial charge in [-0.05, 0) is 12.1 Å². The predicted octanol–water partition coefficient (Wildman–Crippen LogP) is 3.07. The Labute approximate surface area is 149 Å². The first-order valence-corrected chi connectivity index (χ1v) is 7.54. The smallest absolute Gasteiger partial charge is 0.391 e. The number of nitrogens with one attached hydrogen (secondary N) is 1. The summed E-state index contributed by atoms with van der Waals surface area (Å²) in [4.78, 5) is 26.3. The Morgan fingerprint density at radius 1 is 1.26 bits per heavy atom. The van der Waals surface area contributed by atoms with Gasteiger partial charge in [0, 0.05) is 18.9 Å². The zero-order chi connectivity index (χ0) is 20.2. The van der Waals surface area contributed by atoms with Gasteiger partial charge in [0.1, 0.15) is 17.7 Å². The first kappa shape index (κ1) is 20.3. The van der Waals surface area contributed by atoms with Crippen molar-refractivity contribution >= 4 is 11.9 Å². The lowest BCUT2D eigenvalue weighted by molar-refractivity contribution is -0.160. The zero-order valence-corrected chi connectivity index (χ0v) is 13.5. The second kappa shape index (κ2) is 8.14. The first-order valence-electron chi connectivity index (χ1n) is 7.54. The van der Waals surface area contributed by atoms with Gasteiger partial charge in [-0.25, -0.2) is 18.6 Å². The number of carboxylic acid groups (broad SMARTS) is 1. The van der Waals surface area contributed by atoms with E-state index in [0.717, 1.165) is 18.3 Å². The average Bonchev–Trinajstić information content (AvgIpc) is 2.99. The molecule has 2 aromatic rings. The molecule has 0 fully saturated rings. The summed E-state index contributed by atoms with van der Waals surface area (Å²) in [6.45, 7) is 0. The van der Waals surface area contributed by atoms with E-state index in [1.807, 2.05) is 0 Å². The summed E-state index contributed by atoms with van der Waals surface area (Å²) < 4.78 is 68.7. The van der Waals surface area contributed by atoms with Gasteiger partial charge in [0.05, 0.1) is 18.2 Å². The highest BCUT2D eigenvalue weighted by Gasteiger charge is 2.36. The van der Waals surface area contributed by atoms with Gasteiger partial charge < -0.3 is 14.8 Å². The standard InChI is InChI=1S/C16H13F5N2O4/c17-8-1-2-9(10(18)5-8)12-7-22-14(27-12)4-3-13(24)23-11(15(25)26)6-16(19,20)21/h1-2,5,7,11H,3-4,6H2,(H,23,24)(H,25,26). The van der Waals surface area contributed by atoms with Crippen molar-refractivity contribution in [2.75, 3.05) is 0 Å². The quantitative estimate of drug-likeness (QED) is 0.707. The van der Waals surface area contributed by atoms with Crippen LogP contribution < -0.4 is 5.32 Å². The lowest BCUT2D eigenvalue weighted by Crippen LogP contribution is -2.43. The summed E-state index contributed by atoms with van der Waals surface area (Å²) in [7, 11) is 0. The van der Waals surface area contributed by atoms with Crippen LogP contribution in [-0.4, -0.2) is 34.2 Å². The molecular weight excluding hydrogens is 379 g/mol. The molecule has 11 heteroatoms. The average molecular weight is 392 g/mol. The summed E-state index contributed by atoms with van der Waals surface area (Å²) in [5.41, 5.74) is -0.0595. The highest BCUT2D eigenvalue weighted by Crippen LogP contribution is 2.25. The lowest BCUT2D eigenvalue weighted by atomic mass is 10.2. The van der Waals surface area contributed by atoms with Crippen LogP contribution in [0.1, 0.15) is 18.7 Å². The minimum absolute atomic E-state index is 0.0217. The molecule has 0 aliphatic rings. The van der Waals surface area contributed by atoms with E-state index in [-0.39, 0.29) is 23.6 Å². The van der Waals surface area contributed by atoms with Gasteiger partial charge in [-0.2, -0.15) is 13.2 Å². The number of nitrogens with zero attached hydrogens (tertiary/aromatic N) is 1. The van der Waals surface area contributed by atoms with Crippen molar-refractivity contribution in [3.05, 3.63) is 41.9 Å².